The summed E-state index contributed by atoms with van der Waals surface area (Å²) in [7, 11) is 0. The minimum atomic E-state index is 0.194. The highest BCUT2D eigenvalue weighted by atomic mass is 32.2. The van der Waals surface area contributed by atoms with E-state index in [1.807, 2.05) is 12.4 Å². The second-order valence-corrected chi connectivity index (χ2v) is 5.70. The van der Waals surface area contributed by atoms with Crippen LogP contribution in [0.25, 0.3) is 0 Å². The molecule has 100 valence electrons. The summed E-state index contributed by atoms with van der Waals surface area (Å²) >= 11 is 1.58. The van der Waals surface area contributed by atoms with Crippen molar-refractivity contribution in [2.45, 2.75) is 42.8 Å². The van der Waals surface area contributed by atoms with Gasteiger partial charge in [0, 0.05) is 23.3 Å². The van der Waals surface area contributed by atoms with E-state index < -0.39 is 0 Å². The molecular formula is C15H19N3S. The molecule has 2 rings (SSSR count). The van der Waals surface area contributed by atoms with Crippen LogP contribution in [0.4, 0.5) is 0 Å². The second-order valence-electron chi connectivity index (χ2n) is 4.66. The predicted molar refractivity (Wildman–Crippen MR) is 79.3 cm³/mol. The van der Waals surface area contributed by atoms with Crippen LogP contribution in [0.5, 0.6) is 0 Å². The average Bonchev–Trinajstić information content (AvgIpc) is 2.43. The molecule has 0 amide bonds. The normalized spacial score (nSPS) is 12.4. The van der Waals surface area contributed by atoms with Crippen LogP contribution in [0.2, 0.25) is 0 Å². The molecule has 4 heteroatoms. The molecule has 0 aliphatic carbocycles. The van der Waals surface area contributed by atoms with Crippen LogP contribution in [0.3, 0.4) is 0 Å². The maximum atomic E-state index is 5.92. The first-order valence-electron chi connectivity index (χ1n) is 6.48. The van der Waals surface area contributed by atoms with Crippen molar-refractivity contribution in [3.8, 4) is 0 Å². The lowest BCUT2D eigenvalue weighted by molar-refractivity contribution is 0.641. The fourth-order valence-electron chi connectivity index (χ4n) is 1.66. The molecule has 0 fully saturated rings. The third-order valence-corrected chi connectivity index (χ3v) is 3.84. The van der Waals surface area contributed by atoms with Gasteiger partial charge in [0.05, 0.1) is 0 Å². The van der Waals surface area contributed by atoms with Gasteiger partial charge in [0.1, 0.15) is 0 Å². The Morgan fingerprint density at radius 2 is 1.79 bits per heavy atom. The van der Waals surface area contributed by atoms with Gasteiger partial charge in [-0.3, -0.25) is 0 Å². The lowest BCUT2D eigenvalue weighted by atomic mass is 10.1. The minimum Gasteiger partial charge on any atom is -0.327 e. The molecule has 1 heterocycles. The van der Waals surface area contributed by atoms with Gasteiger partial charge in [0.2, 0.25) is 0 Å². The van der Waals surface area contributed by atoms with E-state index in [0.717, 1.165) is 28.5 Å². The highest BCUT2D eigenvalue weighted by molar-refractivity contribution is 7.99. The minimum absolute atomic E-state index is 0.194. The van der Waals surface area contributed by atoms with E-state index >= 15 is 0 Å². The number of hydrogen-bond donors (Lipinski definition) is 1. The summed E-state index contributed by atoms with van der Waals surface area (Å²) in [4.78, 5) is 9.92. The summed E-state index contributed by atoms with van der Waals surface area (Å²) in [5.41, 5.74) is 8.28. The summed E-state index contributed by atoms with van der Waals surface area (Å²) in [5.74, 6) is 0. The van der Waals surface area contributed by atoms with Crippen LogP contribution in [-0.2, 0) is 6.42 Å². The quantitative estimate of drug-likeness (QED) is 0.850. The van der Waals surface area contributed by atoms with Crippen molar-refractivity contribution in [1.29, 1.82) is 0 Å². The Kier molecular flexibility index (Phi) is 4.93. The number of rotatable bonds is 5. The molecule has 0 radical (unpaired) electrons. The van der Waals surface area contributed by atoms with E-state index in [0.29, 0.717) is 0 Å². The Hall–Kier alpha value is -1.39. The molecule has 1 aromatic heterocycles. The summed E-state index contributed by atoms with van der Waals surface area (Å²) in [6, 6.07) is 8.56. The van der Waals surface area contributed by atoms with Crippen molar-refractivity contribution < 1.29 is 0 Å². The van der Waals surface area contributed by atoms with Crippen molar-refractivity contribution in [2.75, 3.05) is 0 Å². The van der Waals surface area contributed by atoms with Gasteiger partial charge in [0.15, 0.2) is 5.16 Å². The SMILES string of the molecule is CCC(N)Cc1cnc(Sc2ccc(C)cc2)nc1. The number of hydrogen-bond acceptors (Lipinski definition) is 4. The Balaban J connectivity index is 2.00. The first-order valence-corrected chi connectivity index (χ1v) is 7.30. The predicted octanol–water partition coefficient (Wildman–Crippen LogP) is 3.22. The molecule has 0 saturated heterocycles. The third-order valence-electron chi connectivity index (χ3n) is 2.93. The van der Waals surface area contributed by atoms with Crippen LogP contribution in [-0.4, -0.2) is 16.0 Å². The zero-order valence-corrected chi connectivity index (χ0v) is 12.2. The molecule has 0 saturated carbocycles. The molecule has 0 spiro atoms. The van der Waals surface area contributed by atoms with Gasteiger partial charge in [-0.1, -0.05) is 24.6 Å². The summed E-state index contributed by atoms with van der Waals surface area (Å²) in [6.07, 6.45) is 5.56. The molecule has 2 aromatic rings. The van der Waals surface area contributed by atoms with E-state index in [2.05, 4.69) is 48.1 Å². The fourth-order valence-corrected chi connectivity index (χ4v) is 2.35. The first-order chi connectivity index (χ1) is 9.17. The maximum Gasteiger partial charge on any atom is 0.192 e. The van der Waals surface area contributed by atoms with Crippen molar-refractivity contribution in [3.63, 3.8) is 0 Å². The van der Waals surface area contributed by atoms with E-state index in [-0.39, 0.29) is 6.04 Å². The fraction of sp³-hybridized carbons (Fsp3) is 0.333. The van der Waals surface area contributed by atoms with Crippen molar-refractivity contribution in [2.24, 2.45) is 5.73 Å². The van der Waals surface area contributed by atoms with Crippen LogP contribution in [0.1, 0.15) is 24.5 Å². The van der Waals surface area contributed by atoms with E-state index in [1.54, 1.807) is 11.8 Å². The smallest absolute Gasteiger partial charge is 0.192 e. The molecule has 0 aliphatic heterocycles. The van der Waals surface area contributed by atoms with Gasteiger partial charge in [-0.25, -0.2) is 9.97 Å². The molecule has 1 unspecified atom stereocenters. The number of aryl methyl sites for hydroxylation is 1. The molecule has 1 aromatic carbocycles. The first kappa shape index (κ1) is 14.0. The topological polar surface area (TPSA) is 51.8 Å². The Morgan fingerprint density at radius 3 is 2.37 bits per heavy atom. The molecule has 3 nitrogen and oxygen atoms in total. The molecule has 0 aliphatic rings. The molecule has 2 N–H and O–H groups in total. The summed E-state index contributed by atoms with van der Waals surface area (Å²) in [5, 5.41) is 0.776. The molecule has 0 bridgehead atoms. The standard InChI is InChI=1S/C15H19N3S/c1-3-13(16)8-12-9-17-15(18-10-12)19-14-6-4-11(2)5-7-14/h4-7,9-10,13H,3,8,16H2,1-2H3. The summed E-state index contributed by atoms with van der Waals surface area (Å²) < 4.78 is 0. The van der Waals surface area contributed by atoms with Crippen molar-refractivity contribution in [1.82, 2.24) is 9.97 Å². The zero-order valence-electron chi connectivity index (χ0n) is 11.3. The Morgan fingerprint density at radius 1 is 1.16 bits per heavy atom. The maximum absolute atomic E-state index is 5.92. The number of nitrogens with zero attached hydrogens (tertiary/aromatic N) is 2. The van der Waals surface area contributed by atoms with Gasteiger partial charge >= 0.3 is 0 Å². The van der Waals surface area contributed by atoms with Crippen molar-refractivity contribution >= 4 is 11.8 Å². The Labute approximate surface area is 118 Å². The average molecular weight is 273 g/mol. The molecule has 19 heavy (non-hydrogen) atoms. The van der Waals surface area contributed by atoms with Gasteiger partial charge < -0.3 is 5.73 Å². The molecule has 1 atom stereocenters. The lowest BCUT2D eigenvalue weighted by Gasteiger charge is -2.08. The lowest BCUT2D eigenvalue weighted by Crippen LogP contribution is -2.21. The second kappa shape index (κ2) is 6.68. The van der Waals surface area contributed by atoms with Gasteiger partial charge in [0.25, 0.3) is 0 Å². The molecular weight excluding hydrogens is 254 g/mol. The number of nitrogens with two attached hydrogens (primary N) is 1. The van der Waals surface area contributed by atoms with Crippen LogP contribution >= 0.6 is 11.8 Å². The highest BCUT2D eigenvalue weighted by Crippen LogP contribution is 2.24. The number of aromatic nitrogens is 2. The highest BCUT2D eigenvalue weighted by Gasteiger charge is 2.04. The van der Waals surface area contributed by atoms with Crippen LogP contribution in [0, 0.1) is 6.92 Å². The van der Waals surface area contributed by atoms with E-state index in [1.165, 1.54) is 5.56 Å². The zero-order chi connectivity index (χ0) is 13.7. The van der Waals surface area contributed by atoms with Gasteiger partial charge in [-0.05, 0) is 49.2 Å². The monoisotopic (exact) mass is 273 g/mol. The third kappa shape index (κ3) is 4.33. The van der Waals surface area contributed by atoms with Gasteiger partial charge in [-0.15, -0.1) is 0 Å². The summed E-state index contributed by atoms with van der Waals surface area (Å²) in [6.45, 7) is 4.17. The van der Waals surface area contributed by atoms with E-state index in [9.17, 15) is 0 Å². The number of benzene rings is 1. The Bertz CT molecular complexity index is 508. The van der Waals surface area contributed by atoms with Crippen LogP contribution in [0.15, 0.2) is 46.7 Å². The van der Waals surface area contributed by atoms with Crippen molar-refractivity contribution in [3.05, 3.63) is 47.8 Å². The largest absolute Gasteiger partial charge is 0.327 e. The van der Waals surface area contributed by atoms with E-state index in [4.69, 9.17) is 5.73 Å². The van der Waals surface area contributed by atoms with Crippen LogP contribution < -0.4 is 5.73 Å². The van der Waals surface area contributed by atoms with Gasteiger partial charge in [-0.2, -0.15) is 0 Å².